The molecule has 0 radical (unpaired) electrons. The molecule has 0 bridgehead atoms. The van der Waals surface area contributed by atoms with Gasteiger partial charge in [0.05, 0.1) is 17.0 Å². The molecule has 1 amide bonds. The second kappa shape index (κ2) is 6.80. The van der Waals surface area contributed by atoms with Crippen LogP contribution >= 0.6 is 11.6 Å². The molecular formula is C13H16ClFN2O4S. The van der Waals surface area contributed by atoms with Crippen molar-refractivity contribution in [1.29, 1.82) is 0 Å². The number of carbonyl (C=O) groups is 1. The predicted octanol–water partition coefficient (Wildman–Crippen LogP) is 1.94. The summed E-state index contributed by atoms with van der Waals surface area (Å²) >= 11 is 5.65. The average molecular weight is 351 g/mol. The Morgan fingerprint density at radius 3 is 2.64 bits per heavy atom. The molecule has 0 aromatic heterocycles. The van der Waals surface area contributed by atoms with Gasteiger partial charge in [-0.3, -0.25) is 0 Å². The molecule has 0 aliphatic carbocycles. The molecule has 1 saturated heterocycles. The van der Waals surface area contributed by atoms with Crippen molar-refractivity contribution in [2.75, 3.05) is 33.3 Å². The predicted molar refractivity (Wildman–Crippen MR) is 78.8 cm³/mol. The highest BCUT2D eigenvalue weighted by molar-refractivity contribution is 7.89. The molecule has 6 nitrogen and oxygen atoms in total. The van der Waals surface area contributed by atoms with E-state index < -0.39 is 21.9 Å². The molecule has 0 N–H and O–H groups in total. The number of carbonyl (C=O) groups excluding carboxylic acids is 1. The van der Waals surface area contributed by atoms with Crippen molar-refractivity contribution in [2.45, 2.75) is 11.3 Å². The first-order valence-corrected chi connectivity index (χ1v) is 8.46. The first-order chi connectivity index (χ1) is 10.4. The number of ether oxygens (including phenoxy) is 1. The first-order valence-electron chi connectivity index (χ1n) is 6.64. The first kappa shape index (κ1) is 17.0. The van der Waals surface area contributed by atoms with Crippen molar-refractivity contribution in [3.8, 4) is 0 Å². The third kappa shape index (κ3) is 3.50. The number of halogens is 2. The van der Waals surface area contributed by atoms with Crippen LogP contribution in [0.25, 0.3) is 0 Å². The Hall–Kier alpha value is -1.38. The maximum Gasteiger partial charge on any atom is 0.409 e. The summed E-state index contributed by atoms with van der Waals surface area (Å²) in [4.78, 5) is 12.9. The van der Waals surface area contributed by atoms with Crippen molar-refractivity contribution >= 4 is 27.7 Å². The number of methoxy groups -OCH3 is 1. The standard InChI is InChI=1S/C13H16ClFN2O4S/c1-21-13(18)16-5-2-6-17(8-7-16)22(19,20)10-3-4-12(15)11(14)9-10/h3-4,9H,2,5-8H2,1H3. The van der Waals surface area contributed by atoms with Crippen molar-refractivity contribution in [3.63, 3.8) is 0 Å². The van der Waals surface area contributed by atoms with E-state index in [-0.39, 0.29) is 29.6 Å². The van der Waals surface area contributed by atoms with E-state index in [4.69, 9.17) is 11.6 Å². The lowest BCUT2D eigenvalue weighted by molar-refractivity contribution is 0.126. The molecular weight excluding hydrogens is 335 g/mol. The lowest BCUT2D eigenvalue weighted by Gasteiger charge is -2.21. The molecule has 1 aromatic rings. The van der Waals surface area contributed by atoms with Gasteiger partial charge >= 0.3 is 6.09 Å². The molecule has 22 heavy (non-hydrogen) atoms. The maximum atomic E-state index is 13.2. The van der Waals surface area contributed by atoms with E-state index in [9.17, 15) is 17.6 Å². The zero-order chi connectivity index (χ0) is 16.3. The van der Waals surface area contributed by atoms with Gasteiger partial charge in [-0.15, -0.1) is 0 Å². The maximum absolute atomic E-state index is 13.2. The highest BCUT2D eigenvalue weighted by Gasteiger charge is 2.28. The summed E-state index contributed by atoms with van der Waals surface area (Å²) in [5, 5.41) is -0.243. The van der Waals surface area contributed by atoms with E-state index in [0.717, 1.165) is 12.1 Å². The highest BCUT2D eigenvalue weighted by atomic mass is 35.5. The molecule has 1 aliphatic rings. The van der Waals surface area contributed by atoms with Crippen molar-refractivity contribution in [2.24, 2.45) is 0 Å². The number of sulfonamides is 1. The summed E-state index contributed by atoms with van der Waals surface area (Å²) in [6, 6.07) is 3.29. The Morgan fingerprint density at radius 1 is 1.27 bits per heavy atom. The van der Waals surface area contributed by atoms with Crippen LogP contribution in [0.15, 0.2) is 23.1 Å². The van der Waals surface area contributed by atoms with Crippen LogP contribution in [0.4, 0.5) is 9.18 Å². The number of nitrogens with zero attached hydrogens (tertiary/aromatic N) is 2. The number of amides is 1. The minimum atomic E-state index is -3.78. The number of benzene rings is 1. The Kier molecular flexibility index (Phi) is 5.25. The van der Waals surface area contributed by atoms with E-state index in [0.29, 0.717) is 13.0 Å². The van der Waals surface area contributed by atoms with Gasteiger partial charge in [-0.05, 0) is 24.6 Å². The van der Waals surface area contributed by atoms with Crippen LogP contribution in [-0.4, -0.2) is 57.0 Å². The van der Waals surface area contributed by atoms with Gasteiger partial charge in [-0.1, -0.05) is 11.6 Å². The zero-order valence-electron chi connectivity index (χ0n) is 12.0. The summed E-state index contributed by atoms with van der Waals surface area (Å²) in [7, 11) is -2.50. The SMILES string of the molecule is COC(=O)N1CCCN(S(=O)(=O)c2ccc(F)c(Cl)c2)CC1. The van der Waals surface area contributed by atoms with Gasteiger partial charge in [0.2, 0.25) is 10.0 Å². The topological polar surface area (TPSA) is 66.9 Å². The quantitative estimate of drug-likeness (QED) is 0.817. The fourth-order valence-electron chi connectivity index (χ4n) is 2.23. The molecule has 0 unspecified atom stereocenters. The molecule has 0 spiro atoms. The normalized spacial score (nSPS) is 17.1. The summed E-state index contributed by atoms with van der Waals surface area (Å²) in [5.74, 6) is -0.673. The Morgan fingerprint density at radius 2 is 2.00 bits per heavy atom. The lowest BCUT2D eigenvalue weighted by Crippen LogP contribution is -2.37. The molecule has 0 atom stereocenters. The fourth-order valence-corrected chi connectivity index (χ4v) is 3.97. The number of rotatable bonds is 2. The summed E-state index contributed by atoms with van der Waals surface area (Å²) in [5.41, 5.74) is 0. The van der Waals surface area contributed by atoms with Gasteiger partial charge < -0.3 is 9.64 Å². The zero-order valence-corrected chi connectivity index (χ0v) is 13.5. The summed E-state index contributed by atoms with van der Waals surface area (Å²) in [6.45, 7) is 1.07. The molecule has 1 heterocycles. The molecule has 0 saturated carbocycles. The Labute approximate surface area is 133 Å². The smallest absolute Gasteiger partial charge is 0.409 e. The third-order valence-electron chi connectivity index (χ3n) is 3.42. The van der Waals surface area contributed by atoms with E-state index in [1.54, 1.807) is 0 Å². The third-order valence-corrected chi connectivity index (χ3v) is 5.60. The van der Waals surface area contributed by atoms with Crippen LogP contribution in [0.3, 0.4) is 0 Å². The van der Waals surface area contributed by atoms with Crippen molar-refractivity contribution in [3.05, 3.63) is 29.0 Å². The van der Waals surface area contributed by atoms with Gasteiger partial charge in [0.1, 0.15) is 5.82 Å². The second-order valence-electron chi connectivity index (χ2n) is 4.79. The van der Waals surface area contributed by atoms with Gasteiger partial charge in [0.25, 0.3) is 0 Å². The van der Waals surface area contributed by atoms with Gasteiger partial charge in [-0.2, -0.15) is 4.31 Å². The lowest BCUT2D eigenvalue weighted by atomic mass is 10.3. The largest absolute Gasteiger partial charge is 0.453 e. The number of hydrogen-bond acceptors (Lipinski definition) is 4. The molecule has 9 heteroatoms. The van der Waals surface area contributed by atoms with Crippen molar-refractivity contribution < 1.29 is 22.3 Å². The van der Waals surface area contributed by atoms with Gasteiger partial charge in [0, 0.05) is 26.2 Å². The van der Waals surface area contributed by atoms with Crippen molar-refractivity contribution in [1.82, 2.24) is 9.21 Å². The molecule has 1 fully saturated rings. The number of hydrogen-bond donors (Lipinski definition) is 0. The van der Waals surface area contributed by atoms with E-state index in [2.05, 4.69) is 4.74 Å². The minimum absolute atomic E-state index is 0.0644. The minimum Gasteiger partial charge on any atom is -0.453 e. The summed E-state index contributed by atoms with van der Waals surface area (Å²) in [6.07, 6.45) is 0.00700. The Bertz CT molecular complexity index is 668. The highest BCUT2D eigenvalue weighted by Crippen LogP contribution is 2.23. The molecule has 1 aromatic carbocycles. The van der Waals surface area contributed by atoms with Gasteiger partial charge in [0.15, 0.2) is 0 Å². The second-order valence-corrected chi connectivity index (χ2v) is 7.14. The van der Waals surface area contributed by atoms with Crippen LogP contribution in [0, 0.1) is 5.82 Å². The van der Waals surface area contributed by atoms with Crippen LogP contribution in [0.2, 0.25) is 5.02 Å². The van der Waals surface area contributed by atoms with E-state index >= 15 is 0 Å². The molecule has 122 valence electrons. The summed E-state index contributed by atoms with van der Waals surface area (Å²) < 4.78 is 44.2. The van der Waals surface area contributed by atoms with E-state index in [1.165, 1.54) is 22.4 Å². The van der Waals surface area contributed by atoms with Crippen LogP contribution in [0.5, 0.6) is 0 Å². The molecule has 2 rings (SSSR count). The molecule has 1 aliphatic heterocycles. The van der Waals surface area contributed by atoms with Crippen LogP contribution in [-0.2, 0) is 14.8 Å². The fraction of sp³-hybridized carbons (Fsp3) is 0.462. The monoisotopic (exact) mass is 350 g/mol. The Balaban J connectivity index is 2.19. The van der Waals surface area contributed by atoms with Gasteiger partial charge in [-0.25, -0.2) is 17.6 Å². The van der Waals surface area contributed by atoms with Crippen LogP contribution in [0.1, 0.15) is 6.42 Å². The van der Waals surface area contributed by atoms with Crippen LogP contribution < -0.4 is 0 Å². The average Bonchev–Trinajstić information content (AvgIpc) is 2.75. The van der Waals surface area contributed by atoms with E-state index in [1.807, 2.05) is 0 Å².